The first-order valence-corrected chi connectivity index (χ1v) is 10.2. The first kappa shape index (κ1) is 23.5. The minimum absolute atomic E-state index is 0.0740. The number of amides is 3. The van der Waals surface area contributed by atoms with Crippen molar-refractivity contribution in [1.82, 2.24) is 20.4 Å². The number of carbonyl (C=O) groups is 4. The molecule has 1 aromatic rings. The number of imide groups is 1. The van der Waals surface area contributed by atoms with E-state index >= 15 is 0 Å². The summed E-state index contributed by atoms with van der Waals surface area (Å²) >= 11 is 0. The summed E-state index contributed by atoms with van der Waals surface area (Å²) in [5.41, 5.74) is 1.93. The van der Waals surface area contributed by atoms with Crippen molar-refractivity contribution in [3.63, 3.8) is 0 Å². The highest BCUT2D eigenvalue weighted by atomic mass is 16.2. The summed E-state index contributed by atoms with van der Waals surface area (Å²) in [5.74, 6) is -1.05. The lowest BCUT2D eigenvalue weighted by Crippen LogP contribution is -2.48. The van der Waals surface area contributed by atoms with Crippen molar-refractivity contribution in [2.24, 2.45) is 0 Å². The molecule has 30 heavy (non-hydrogen) atoms. The number of hydrogen-bond donors (Lipinski definition) is 3. The number of likely N-dealkylation sites (N-methyl/N-ethyl adjacent to an activating group) is 1. The van der Waals surface area contributed by atoms with E-state index in [1.165, 1.54) is 7.05 Å². The van der Waals surface area contributed by atoms with Gasteiger partial charge in [0, 0.05) is 64.0 Å². The van der Waals surface area contributed by atoms with Gasteiger partial charge in [-0.05, 0) is 37.1 Å². The molecule has 0 spiro atoms. The molecule has 0 saturated carbocycles. The van der Waals surface area contributed by atoms with Gasteiger partial charge in [-0.3, -0.25) is 24.2 Å². The van der Waals surface area contributed by atoms with E-state index in [2.05, 4.69) is 20.9 Å². The number of benzene rings is 1. The zero-order valence-corrected chi connectivity index (χ0v) is 17.6. The lowest BCUT2D eigenvalue weighted by molar-refractivity contribution is -0.131. The molecule has 1 aliphatic rings. The Morgan fingerprint density at radius 1 is 1.27 bits per heavy atom. The lowest BCUT2D eigenvalue weighted by Gasteiger charge is -2.27. The number of hydrogen-bond acceptors (Lipinski definition) is 7. The van der Waals surface area contributed by atoms with Crippen LogP contribution in [-0.4, -0.2) is 86.7 Å². The zero-order valence-electron chi connectivity index (χ0n) is 17.6. The van der Waals surface area contributed by atoms with Gasteiger partial charge in [0.05, 0.1) is 0 Å². The van der Waals surface area contributed by atoms with Crippen molar-refractivity contribution < 1.29 is 19.2 Å². The molecule has 1 aromatic carbocycles. The zero-order chi connectivity index (χ0) is 21.9. The smallest absolute Gasteiger partial charge is 0.261 e. The van der Waals surface area contributed by atoms with Crippen molar-refractivity contribution in [2.45, 2.75) is 25.8 Å². The number of rotatable bonds is 11. The van der Waals surface area contributed by atoms with Crippen LogP contribution in [0.3, 0.4) is 0 Å². The Bertz CT molecular complexity index is 749. The van der Waals surface area contributed by atoms with Crippen molar-refractivity contribution in [3.05, 3.63) is 29.3 Å². The van der Waals surface area contributed by atoms with Gasteiger partial charge < -0.3 is 20.7 Å². The predicted octanol–water partition coefficient (Wildman–Crippen LogP) is 0.00442. The standard InChI is InChI=1S/C21H31N5O4/c1-16-14-17(24-9-12-25-10-7-23-8-11-25)5-6-18(16)21(30)26(15-28)19(4-3-13-27)20(29)22-2/h5-6,13-15,19,23-24H,3-4,7-12H2,1-2H3,(H,22,29). The molecule has 164 valence electrons. The number of aryl methyl sites for hydroxylation is 1. The van der Waals surface area contributed by atoms with Crippen LogP contribution in [0.15, 0.2) is 18.2 Å². The van der Waals surface area contributed by atoms with E-state index in [4.69, 9.17) is 0 Å². The van der Waals surface area contributed by atoms with Crippen LogP contribution < -0.4 is 16.0 Å². The molecule has 2 rings (SSSR count). The highest BCUT2D eigenvalue weighted by molar-refractivity contribution is 6.04. The van der Waals surface area contributed by atoms with Crippen LogP contribution in [0.1, 0.15) is 28.8 Å². The number of piperazine rings is 1. The Morgan fingerprint density at radius 3 is 2.60 bits per heavy atom. The Labute approximate surface area is 177 Å². The third-order valence-corrected chi connectivity index (χ3v) is 5.21. The summed E-state index contributed by atoms with van der Waals surface area (Å²) in [7, 11) is 1.43. The Kier molecular flexibility index (Phi) is 9.43. The summed E-state index contributed by atoms with van der Waals surface area (Å²) in [4.78, 5) is 50.7. The first-order chi connectivity index (χ1) is 14.5. The highest BCUT2D eigenvalue weighted by Crippen LogP contribution is 2.19. The van der Waals surface area contributed by atoms with E-state index in [0.29, 0.717) is 23.8 Å². The topological polar surface area (TPSA) is 111 Å². The van der Waals surface area contributed by atoms with E-state index in [0.717, 1.165) is 49.9 Å². The van der Waals surface area contributed by atoms with E-state index in [-0.39, 0.29) is 12.8 Å². The molecule has 1 saturated heterocycles. The minimum Gasteiger partial charge on any atom is -0.384 e. The Morgan fingerprint density at radius 2 is 2.00 bits per heavy atom. The van der Waals surface area contributed by atoms with Crippen LogP contribution in [0.2, 0.25) is 0 Å². The van der Waals surface area contributed by atoms with Gasteiger partial charge in [-0.15, -0.1) is 0 Å². The average Bonchev–Trinajstić information content (AvgIpc) is 2.76. The highest BCUT2D eigenvalue weighted by Gasteiger charge is 2.30. The van der Waals surface area contributed by atoms with E-state index in [9.17, 15) is 19.2 Å². The molecular formula is C21H31N5O4. The summed E-state index contributed by atoms with van der Waals surface area (Å²) < 4.78 is 0. The fraction of sp³-hybridized carbons (Fsp3) is 0.524. The number of nitrogens with one attached hydrogen (secondary N) is 3. The molecule has 9 nitrogen and oxygen atoms in total. The van der Waals surface area contributed by atoms with E-state index < -0.39 is 17.9 Å². The molecule has 0 radical (unpaired) electrons. The minimum atomic E-state index is -1.03. The maximum atomic E-state index is 12.9. The maximum absolute atomic E-state index is 12.9. The largest absolute Gasteiger partial charge is 0.384 e. The molecule has 0 aliphatic carbocycles. The van der Waals surface area contributed by atoms with Gasteiger partial charge in [-0.2, -0.15) is 0 Å². The molecule has 0 bridgehead atoms. The van der Waals surface area contributed by atoms with Crippen LogP contribution in [-0.2, 0) is 14.4 Å². The molecule has 0 aromatic heterocycles. The molecule has 3 N–H and O–H groups in total. The van der Waals surface area contributed by atoms with Crippen LogP contribution in [0.25, 0.3) is 0 Å². The third kappa shape index (κ3) is 6.36. The fourth-order valence-electron chi connectivity index (χ4n) is 3.50. The monoisotopic (exact) mass is 417 g/mol. The molecule has 1 fully saturated rings. The molecule has 1 aliphatic heterocycles. The Balaban J connectivity index is 2.05. The molecule has 9 heteroatoms. The summed E-state index contributed by atoms with van der Waals surface area (Å²) in [6.45, 7) is 7.60. The maximum Gasteiger partial charge on any atom is 0.261 e. The van der Waals surface area contributed by atoms with Gasteiger partial charge in [-0.1, -0.05) is 0 Å². The second-order valence-electron chi connectivity index (χ2n) is 7.24. The van der Waals surface area contributed by atoms with Gasteiger partial charge in [0.1, 0.15) is 12.3 Å². The van der Waals surface area contributed by atoms with Gasteiger partial charge in [-0.25, -0.2) is 0 Å². The van der Waals surface area contributed by atoms with Crippen molar-refractivity contribution in [1.29, 1.82) is 0 Å². The SMILES string of the molecule is CNC(=O)C(CCC=O)N(C=O)C(=O)c1ccc(NCCN2CCNCC2)cc1C. The van der Waals surface area contributed by atoms with Gasteiger partial charge in [0.25, 0.3) is 5.91 Å². The number of anilines is 1. The third-order valence-electron chi connectivity index (χ3n) is 5.21. The van der Waals surface area contributed by atoms with Crippen LogP contribution in [0.4, 0.5) is 5.69 Å². The van der Waals surface area contributed by atoms with Gasteiger partial charge in [0.2, 0.25) is 12.3 Å². The fourth-order valence-corrected chi connectivity index (χ4v) is 3.50. The van der Waals surface area contributed by atoms with Crippen molar-refractivity contribution >= 4 is 30.2 Å². The van der Waals surface area contributed by atoms with Crippen molar-refractivity contribution in [3.8, 4) is 0 Å². The average molecular weight is 418 g/mol. The normalized spacial score (nSPS) is 15.1. The quantitative estimate of drug-likeness (QED) is 0.435. The van der Waals surface area contributed by atoms with Gasteiger partial charge >= 0.3 is 0 Å². The van der Waals surface area contributed by atoms with Crippen molar-refractivity contribution in [2.75, 3.05) is 51.6 Å². The first-order valence-electron chi connectivity index (χ1n) is 10.2. The van der Waals surface area contributed by atoms with Crippen LogP contribution in [0.5, 0.6) is 0 Å². The molecule has 1 atom stereocenters. The predicted molar refractivity (Wildman–Crippen MR) is 114 cm³/mol. The van der Waals surface area contributed by atoms with E-state index in [1.54, 1.807) is 19.1 Å². The Hall–Kier alpha value is -2.78. The molecule has 3 amide bonds. The molecule has 1 unspecified atom stereocenters. The second kappa shape index (κ2) is 12.0. The molecular weight excluding hydrogens is 386 g/mol. The second-order valence-corrected chi connectivity index (χ2v) is 7.24. The van der Waals surface area contributed by atoms with E-state index in [1.807, 2.05) is 6.07 Å². The van der Waals surface area contributed by atoms with Crippen LogP contribution >= 0.6 is 0 Å². The summed E-state index contributed by atoms with van der Waals surface area (Å²) in [5, 5.41) is 9.13. The summed E-state index contributed by atoms with van der Waals surface area (Å²) in [6.07, 6.45) is 1.17. The number of nitrogens with zero attached hydrogens (tertiary/aromatic N) is 2. The number of carbonyl (C=O) groups excluding carboxylic acids is 4. The summed E-state index contributed by atoms with van der Waals surface area (Å²) in [6, 6.07) is 4.28. The molecule has 1 heterocycles. The number of aldehydes is 1. The van der Waals surface area contributed by atoms with Gasteiger partial charge in [0.15, 0.2) is 0 Å². The lowest BCUT2D eigenvalue weighted by atomic mass is 10.0. The van der Waals surface area contributed by atoms with Crippen LogP contribution in [0, 0.1) is 6.92 Å².